The second-order valence-corrected chi connectivity index (χ2v) is 6.32. The minimum Gasteiger partial charge on any atom is -0.493 e. The fourth-order valence-electron chi connectivity index (χ4n) is 3.29. The molecule has 0 radical (unpaired) electrons. The van der Waals surface area contributed by atoms with Crippen molar-refractivity contribution in [1.82, 2.24) is 4.90 Å². The molecule has 0 aromatic heterocycles. The number of nitrogens with zero attached hydrogens (tertiary/aromatic N) is 1. The van der Waals surface area contributed by atoms with Gasteiger partial charge in [-0.1, -0.05) is 0 Å². The van der Waals surface area contributed by atoms with Crippen LogP contribution in [-0.2, 0) is 20.0 Å². The van der Waals surface area contributed by atoms with E-state index in [9.17, 15) is 0 Å². The molecule has 2 fully saturated rings. The lowest BCUT2D eigenvalue weighted by Gasteiger charge is -2.29. The Morgan fingerprint density at radius 1 is 1.08 bits per heavy atom. The molecule has 1 aromatic carbocycles. The molecule has 2 saturated heterocycles. The van der Waals surface area contributed by atoms with Gasteiger partial charge in [0.15, 0.2) is 17.3 Å². The normalized spacial score (nSPS) is 27.3. The first kappa shape index (κ1) is 18.3. The zero-order valence-electron chi connectivity index (χ0n) is 15.4. The zero-order valence-corrected chi connectivity index (χ0v) is 15.4. The van der Waals surface area contributed by atoms with Gasteiger partial charge < -0.3 is 28.4 Å². The molecule has 0 unspecified atom stereocenters. The van der Waals surface area contributed by atoms with Crippen LogP contribution in [0.5, 0.6) is 17.2 Å². The lowest BCUT2D eigenvalue weighted by atomic mass is 10.1. The number of methoxy groups -OCH3 is 3. The SMILES string of the molecule is COc1cc([C@@]2(C)OC[C@@H](CN3CCOCC3)O2)cc(OC)c1OC. The van der Waals surface area contributed by atoms with Crippen LogP contribution < -0.4 is 14.2 Å². The predicted molar refractivity (Wildman–Crippen MR) is 91.5 cm³/mol. The Morgan fingerprint density at radius 2 is 1.72 bits per heavy atom. The van der Waals surface area contributed by atoms with Crippen molar-refractivity contribution in [3.63, 3.8) is 0 Å². The van der Waals surface area contributed by atoms with Gasteiger partial charge in [-0.3, -0.25) is 4.90 Å². The standard InChI is InChI=1S/C18H27NO6/c1-18(13-9-15(20-2)17(22-4)16(10-13)21-3)24-12-14(25-18)11-19-5-7-23-8-6-19/h9-10,14H,5-8,11-12H2,1-4H3/t14-,18+/m1/s1. The summed E-state index contributed by atoms with van der Waals surface area (Å²) in [5.74, 6) is 0.882. The summed E-state index contributed by atoms with van der Waals surface area (Å²) in [7, 11) is 4.78. The Balaban J connectivity index is 1.76. The number of hydrogen-bond acceptors (Lipinski definition) is 7. The van der Waals surface area contributed by atoms with Crippen molar-refractivity contribution in [1.29, 1.82) is 0 Å². The Hall–Kier alpha value is -1.54. The lowest BCUT2D eigenvalue weighted by molar-refractivity contribution is -0.164. The zero-order chi connectivity index (χ0) is 17.9. The van der Waals surface area contributed by atoms with Gasteiger partial charge in [0.1, 0.15) is 0 Å². The van der Waals surface area contributed by atoms with Gasteiger partial charge in [-0.2, -0.15) is 0 Å². The number of rotatable bonds is 6. The largest absolute Gasteiger partial charge is 0.493 e. The van der Waals surface area contributed by atoms with Crippen LogP contribution in [0.15, 0.2) is 12.1 Å². The van der Waals surface area contributed by atoms with Gasteiger partial charge in [0.25, 0.3) is 0 Å². The van der Waals surface area contributed by atoms with E-state index in [2.05, 4.69) is 4.90 Å². The minimum absolute atomic E-state index is 0.0159. The molecule has 7 heteroatoms. The Bertz CT molecular complexity index is 564. The number of morpholine rings is 1. The molecule has 0 spiro atoms. The van der Waals surface area contributed by atoms with Crippen LogP contribution in [0, 0.1) is 0 Å². The highest BCUT2D eigenvalue weighted by Gasteiger charge is 2.40. The molecule has 0 aliphatic carbocycles. The third-order valence-electron chi connectivity index (χ3n) is 4.69. The predicted octanol–water partition coefficient (Wildman–Crippen LogP) is 1.63. The highest BCUT2D eigenvalue weighted by molar-refractivity contribution is 5.54. The maximum atomic E-state index is 6.25. The molecule has 140 valence electrons. The number of hydrogen-bond donors (Lipinski definition) is 0. The van der Waals surface area contributed by atoms with Gasteiger partial charge in [-0.15, -0.1) is 0 Å². The van der Waals surface area contributed by atoms with E-state index in [4.69, 9.17) is 28.4 Å². The summed E-state index contributed by atoms with van der Waals surface area (Å²) in [6.45, 7) is 6.72. The summed E-state index contributed by atoms with van der Waals surface area (Å²) in [5, 5.41) is 0. The molecule has 25 heavy (non-hydrogen) atoms. The van der Waals surface area contributed by atoms with Crippen LogP contribution in [0.25, 0.3) is 0 Å². The van der Waals surface area contributed by atoms with Gasteiger partial charge in [-0.05, 0) is 19.1 Å². The summed E-state index contributed by atoms with van der Waals surface area (Å²) in [6.07, 6.45) is 0.0159. The second-order valence-electron chi connectivity index (χ2n) is 6.32. The summed E-state index contributed by atoms with van der Waals surface area (Å²) in [6, 6.07) is 3.75. The van der Waals surface area contributed by atoms with E-state index < -0.39 is 5.79 Å². The van der Waals surface area contributed by atoms with Crippen molar-refractivity contribution < 1.29 is 28.4 Å². The molecule has 2 atom stereocenters. The van der Waals surface area contributed by atoms with Crippen molar-refractivity contribution >= 4 is 0 Å². The lowest BCUT2D eigenvalue weighted by Crippen LogP contribution is -2.42. The van der Waals surface area contributed by atoms with E-state index in [1.165, 1.54) is 0 Å². The van der Waals surface area contributed by atoms with Crippen LogP contribution in [0.3, 0.4) is 0 Å². The van der Waals surface area contributed by atoms with E-state index in [1.807, 2.05) is 19.1 Å². The van der Waals surface area contributed by atoms with Gasteiger partial charge in [0, 0.05) is 25.2 Å². The van der Waals surface area contributed by atoms with Crippen LogP contribution in [0.2, 0.25) is 0 Å². The van der Waals surface area contributed by atoms with Crippen LogP contribution in [0.1, 0.15) is 12.5 Å². The van der Waals surface area contributed by atoms with E-state index in [1.54, 1.807) is 21.3 Å². The maximum absolute atomic E-state index is 6.25. The maximum Gasteiger partial charge on any atom is 0.203 e. The van der Waals surface area contributed by atoms with E-state index >= 15 is 0 Å². The van der Waals surface area contributed by atoms with E-state index in [0.29, 0.717) is 23.9 Å². The minimum atomic E-state index is -0.843. The molecule has 2 aliphatic rings. The van der Waals surface area contributed by atoms with Crippen molar-refractivity contribution in [3.8, 4) is 17.2 Å². The van der Waals surface area contributed by atoms with Crippen LogP contribution >= 0.6 is 0 Å². The molecule has 0 bridgehead atoms. The summed E-state index contributed by atoms with van der Waals surface area (Å²) < 4.78 is 33.9. The Morgan fingerprint density at radius 3 is 2.28 bits per heavy atom. The van der Waals surface area contributed by atoms with Crippen molar-refractivity contribution in [2.45, 2.75) is 18.8 Å². The molecular weight excluding hydrogens is 326 g/mol. The van der Waals surface area contributed by atoms with Crippen molar-refractivity contribution in [2.75, 3.05) is 60.8 Å². The number of ether oxygens (including phenoxy) is 6. The third kappa shape index (κ3) is 3.84. The molecule has 0 N–H and O–H groups in total. The first-order chi connectivity index (χ1) is 12.1. The monoisotopic (exact) mass is 353 g/mol. The molecule has 0 saturated carbocycles. The summed E-state index contributed by atoms with van der Waals surface area (Å²) in [4.78, 5) is 2.35. The van der Waals surface area contributed by atoms with E-state index in [-0.39, 0.29) is 6.10 Å². The highest BCUT2D eigenvalue weighted by atomic mass is 16.7. The van der Waals surface area contributed by atoms with Crippen LogP contribution in [0.4, 0.5) is 0 Å². The number of benzene rings is 1. The van der Waals surface area contributed by atoms with Crippen molar-refractivity contribution in [2.24, 2.45) is 0 Å². The molecular formula is C18H27NO6. The molecule has 1 aromatic rings. The average molecular weight is 353 g/mol. The van der Waals surface area contributed by atoms with Gasteiger partial charge in [0.05, 0.1) is 47.3 Å². The third-order valence-corrected chi connectivity index (χ3v) is 4.69. The molecule has 2 aliphatic heterocycles. The summed E-state index contributed by atoms with van der Waals surface area (Å²) in [5.41, 5.74) is 0.839. The quantitative estimate of drug-likeness (QED) is 0.770. The molecule has 3 rings (SSSR count). The van der Waals surface area contributed by atoms with Gasteiger partial charge in [0.2, 0.25) is 5.75 Å². The summed E-state index contributed by atoms with van der Waals surface area (Å²) >= 11 is 0. The van der Waals surface area contributed by atoms with Gasteiger partial charge >= 0.3 is 0 Å². The molecule has 0 amide bonds. The fourth-order valence-corrected chi connectivity index (χ4v) is 3.29. The second kappa shape index (κ2) is 7.78. The van der Waals surface area contributed by atoms with E-state index in [0.717, 1.165) is 38.4 Å². The first-order valence-corrected chi connectivity index (χ1v) is 8.52. The smallest absolute Gasteiger partial charge is 0.203 e. The fraction of sp³-hybridized carbons (Fsp3) is 0.667. The average Bonchev–Trinajstić information content (AvgIpc) is 3.03. The first-order valence-electron chi connectivity index (χ1n) is 8.52. The van der Waals surface area contributed by atoms with Gasteiger partial charge in [-0.25, -0.2) is 0 Å². The molecule has 7 nitrogen and oxygen atoms in total. The van der Waals surface area contributed by atoms with Crippen molar-refractivity contribution in [3.05, 3.63) is 17.7 Å². The van der Waals surface area contributed by atoms with Crippen LogP contribution in [-0.4, -0.2) is 71.8 Å². The topological polar surface area (TPSA) is 58.6 Å². The highest BCUT2D eigenvalue weighted by Crippen LogP contribution is 2.43. The Kier molecular flexibility index (Phi) is 5.68. The molecule has 2 heterocycles. The Labute approximate surface area is 148 Å².